The molecule has 1 amide bonds. The van der Waals surface area contributed by atoms with Crippen molar-refractivity contribution in [3.8, 4) is 0 Å². The standard InChI is InChI=1S/C10H18N4O3S/c1-6(2)12-9(15)5-11-18(16,17)10-7(3)13-14-8(10)4/h6,11H,5H2,1-4H3,(H,12,15)(H,13,14). The molecule has 0 aromatic carbocycles. The highest BCUT2D eigenvalue weighted by atomic mass is 32.2. The zero-order valence-electron chi connectivity index (χ0n) is 10.9. The second-order valence-electron chi connectivity index (χ2n) is 4.31. The van der Waals surface area contributed by atoms with Gasteiger partial charge in [0.2, 0.25) is 15.9 Å². The van der Waals surface area contributed by atoms with Gasteiger partial charge < -0.3 is 5.32 Å². The van der Waals surface area contributed by atoms with E-state index in [2.05, 4.69) is 20.2 Å². The van der Waals surface area contributed by atoms with Crippen molar-refractivity contribution in [3.05, 3.63) is 11.4 Å². The van der Waals surface area contributed by atoms with Gasteiger partial charge in [0.05, 0.1) is 17.9 Å². The number of H-pyrrole nitrogens is 1. The van der Waals surface area contributed by atoms with Crippen LogP contribution in [0.25, 0.3) is 0 Å². The van der Waals surface area contributed by atoms with E-state index in [1.165, 1.54) is 0 Å². The van der Waals surface area contributed by atoms with Gasteiger partial charge in [-0.1, -0.05) is 0 Å². The fourth-order valence-electron chi connectivity index (χ4n) is 1.54. The predicted molar refractivity (Wildman–Crippen MR) is 66.5 cm³/mol. The molecule has 0 fully saturated rings. The number of aromatic amines is 1. The lowest BCUT2D eigenvalue weighted by Gasteiger charge is -2.09. The summed E-state index contributed by atoms with van der Waals surface area (Å²) < 4.78 is 26.2. The molecule has 18 heavy (non-hydrogen) atoms. The molecule has 0 aliphatic rings. The van der Waals surface area contributed by atoms with E-state index in [1.807, 2.05) is 0 Å². The third-order valence-electron chi connectivity index (χ3n) is 2.20. The Morgan fingerprint density at radius 3 is 2.44 bits per heavy atom. The maximum atomic E-state index is 12.0. The molecule has 1 heterocycles. The summed E-state index contributed by atoms with van der Waals surface area (Å²) >= 11 is 0. The molecule has 0 spiro atoms. The lowest BCUT2D eigenvalue weighted by atomic mass is 10.4. The van der Waals surface area contributed by atoms with Crippen LogP contribution in [0.4, 0.5) is 0 Å². The second-order valence-corrected chi connectivity index (χ2v) is 6.01. The number of hydrogen-bond acceptors (Lipinski definition) is 4. The van der Waals surface area contributed by atoms with Crippen LogP contribution in [0.3, 0.4) is 0 Å². The van der Waals surface area contributed by atoms with Crippen LogP contribution in [0.2, 0.25) is 0 Å². The van der Waals surface area contributed by atoms with Crippen LogP contribution in [0.15, 0.2) is 4.90 Å². The summed E-state index contributed by atoms with van der Waals surface area (Å²) in [6, 6.07) is -0.0283. The molecule has 0 saturated heterocycles. The van der Waals surface area contributed by atoms with Gasteiger partial charge in [-0.05, 0) is 27.7 Å². The second kappa shape index (κ2) is 5.49. The molecule has 1 aromatic rings. The van der Waals surface area contributed by atoms with Crippen molar-refractivity contribution in [2.75, 3.05) is 6.54 Å². The smallest absolute Gasteiger partial charge is 0.244 e. The highest BCUT2D eigenvalue weighted by Crippen LogP contribution is 2.15. The number of rotatable bonds is 5. The van der Waals surface area contributed by atoms with Gasteiger partial charge in [0.15, 0.2) is 0 Å². The Labute approximate surface area is 106 Å². The maximum Gasteiger partial charge on any atom is 0.244 e. The average Bonchev–Trinajstić information content (AvgIpc) is 2.55. The van der Waals surface area contributed by atoms with Crippen LogP contribution in [0.1, 0.15) is 25.2 Å². The number of carbonyl (C=O) groups is 1. The van der Waals surface area contributed by atoms with Crippen molar-refractivity contribution in [3.63, 3.8) is 0 Å². The Balaban J connectivity index is 2.75. The highest BCUT2D eigenvalue weighted by molar-refractivity contribution is 7.89. The third kappa shape index (κ3) is 3.54. The zero-order valence-corrected chi connectivity index (χ0v) is 11.7. The number of amides is 1. The molecule has 0 saturated carbocycles. The summed E-state index contributed by atoms with van der Waals surface area (Å²) in [6.45, 7) is 6.52. The third-order valence-corrected chi connectivity index (χ3v) is 3.87. The minimum absolute atomic E-state index is 0.0283. The highest BCUT2D eigenvalue weighted by Gasteiger charge is 2.22. The molecule has 0 unspecified atom stereocenters. The Morgan fingerprint density at radius 2 is 2.00 bits per heavy atom. The van der Waals surface area contributed by atoms with Crippen molar-refractivity contribution in [1.82, 2.24) is 20.2 Å². The zero-order chi connectivity index (χ0) is 13.9. The first-order valence-corrected chi connectivity index (χ1v) is 7.03. The molecule has 0 aliphatic carbocycles. The van der Waals surface area contributed by atoms with E-state index in [1.54, 1.807) is 27.7 Å². The molecule has 3 N–H and O–H groups in total. The van der Waals surface area contributed by atoms with E-state index >= 15 is 0 Å². The van der Waals surface area contributed by atoms with E-state index in [0.29, 0.717) is 11.4 Å². The van der Waals surface area contributed by atoms with E-state index < -0.39 is 10.0 Å². The maximum absolute atomic E-state index is 12.0. The molecule has 1 rings (SSSR count). The van der Waals surface area contributed by atoms with E-state index in [4.69, 9.17) is 0 Å². The molecule has 0 bridgehead atoms. The van der Waals surface area contributed by atoms with Crippen LogP contribution < -0.4 is 10.0 Å². The Hall–Kier alpha value is -1.41. The molecule has 8 heteroatoms. The van der Waals surface area contributed by atoms with Crippen molar-refractivity contribution < 1.29 is 13.2 Å². The number of nitrogens with zero attached hydrogens (tertiary/aromatic N) is 1. The number of hydrogen-bond donors (Lipinski definition) is 3. The molecule has 0 radical (unpaired) electrons. The number of carbonyl (C=O) groups excluding carboxylic acids is 1. The topological polar surface area (TPSA) is 104 Å². The van der Waals surface area contributed by atoms with Gasteiger partial charge in [-0.25, -0.2) is 13.1 Å². The first kappa shape index (κ1) is 14.7. The van der Waals surface area contributed by atoms with E-state index in [9.17, 15) is 13.2 Å². The summed E-state index contributed by atoms with van der Waals surface area (Å²) in [5.74, 6) is -0.368. The fraction of sp³-hybridized carbons (Fsp3) is 0.600. The Kier molecular flexibility index (Phi) is 4.47. The molecule has 1 aromatic heterocycles. The van der Waals surface area contributed by atoms with Crippen molar-refractivity contribution in [1.29, 1.82) is 0 Å². The fourth-order valence-corrected chi connectivity index (χ4v) is 2.89. The van der Waals surface area contributed by atoms with E-state index in [-0.39, 0.29) is 23.4 Å². The van der Waals surface area contributed by atoms with Gasteiger partial charge in [-0.2, -0.15) is 5.10 Å². The van der Waals surface area contributed by atoms with Gasteiger partial charge in [-0.15, -0.1) is 0 Å². The number of aryl methyl sites for hydroxylation is 2. The Morgan fingerprint density at radius 1 is 1.39 bits per heavy atom. The van der Waals surface area contributed by atoms with Gasteiger partial charge >= 0.3 is 0 Å². The van der Waals surface area contributed by atoms with Crippen molar-refractivity contribution >= 4 is 15.9 Å². The molecule has 7 nitrogen and oxygen atoms in total. The lowest BCUT2D eigenvalue weighted by Crippen LogP contribution is -2.39. The summed E-state index contributed by atoms with van der Waals surface area (Å²) in [5, 5.41) is 9.01. The van der Waals surface area contributed by atoms with Crippen LogP contribution in [-0.4, -0.2) is 37.1 Å². The summed E-state index contributed by atoms with van der Waals surface area (Å²) in [5.41, 5.74) is 0.827. The SMILES string of the molecule is Cc1n[nH]c(C)c1S(=O)(=O)NCC(=O)NC(C)C. The van der Waals surface area contributed by atoms with Crippen molar-refractivity contribution in [2.45, 2.75) is 38.6 Å². The minimum Gasteiger partial charge on any atom is -0.353 e. The monoisotopic (exact) mass is 274 g/mol. The largest absolute Gasteiger partial charge is 0.353 e. The van der Waals surface area contributed by atoms with Crippen molar-refractivity contribution in [2.24, 2.45) is 0 Å². The number of nitrogens with one attached hydrogen (secondary N) is 3. The predicted octanol–water partition coefficient (Wildman–Crippen LogP) is -0.171. The molecule has 0 aliphatic heterocycles. The lowest BCUT2D eigenvalue weighted by molar-refractivity contribution is -0.120. The summed E-state index contributed by atoms with van der Waals surface area (Å²) in [4.78, 5) is 11.5. The van der Waals surface area contributed by atoms with Gasteiger partial charge in [0, 0.05) is 6.04 Å². The van der Waals surface area contributed by atoms with Crippen LogP contribution in [-0.2, 0) is 14.8 Å². The Bertz CT molecular complexity index is 514. The average molecular weight is 274 g/mol. The minimum atomic E-state index is -3.71. The van der Waals surface area contributed by atoms with Gasteiger partial charge in [-0.3, -0.25) is 9.89 Å². The van der Waals surface area contributed by atoms with Crippen LogP contribution in [0.5, 0.6) is 0 Å². The quantitative estimate of drug-likeness (QED) is 0.693. The first-order chi connectivity index (χ1) is 8.24. The van der Waals surface area contributed by atoms with Crippen LogP contribution >= 0.6 is 0 Å². The first-order valence-electron chi connectivity index (χ1n) is 5.54. The molecule has 0 atom stereocenters. The van der Waals surface area contributed by atoms with E-state index in [0.717, 1.165) is 0 Å². The molecule has 102 valence electrons. The number of aromatic nitrogens is 2. The number of sulfonamides is 1. The molecular formula is C10H18N4O3S. The van der Waals surface area contributed by atoms with Gasteiger partial charge in [0.25, 0.3) is 0 Å². The summed E-state index contributed by atoms with van der Waals surface area (Å²) in [7, 11) is -3.71. The summed E-state index contributed by atoms with van der Waals surface area (Å²) in [6.07, 6.45) is 0. The van der Waals surface area contributed by atoms with Crippen LogP contribution in [0, 0.1) is 13.8 Å². The normalized spacial score (nSPS) is 11.8. The molecular weight excluding hydrogens is 256 g/mol. The van der Waals surface area contributed by atoms with Gasteiger partial charge in [0.1, 0.15) is 4.90 Å².